The lowest BCUT2D eigenvalue weighted by atomic mass is 10.0. The van der Waals surface area contributed by atoms with Gasteiger partial charge in [0.15, 0.2) is 0 Å². The second kappa shape index (κ2) is 7.85. The standard InChI is InChI=1S/C15H24BrNO2/c1-2-6-13(16)7-4-3-5-10-15(17)11-12(15)8-9-14(18)19/h3-4,7,12H,2,5-6,8-11,17H2,1H3,(H,18,19)/b4-3+,13-7-. The van der Waals surface area contributed by atoms with Crippen LogP contribution < -0.4 is 5.73 Å². The third-order valence-corrected chi connectivity index (χ3v) is 4.33. The van der Waals surface area contributed by atoms with Crippen LogP contribution in [0.1, 0.15) is 51.9 Å². The van der Waals surface area contributed by atoms with Gasteiger partial charge in [-0.05, 0) is 42.5 Å². The quantitative estimate of drug-likeness (QED) is 0.629. The van der Waals surface area contributed by atoms with Crippen molar-refractivity contribution >= 4 is 21.9 Å². The fraction of sp³-hybridized carbons (Fsp3) is 0.667. The summed E-state index contributed by atoms with van der Waals surface area (Å²) in [6.07, 6.45) is 12.4. The van der Waals surface area contributed by atoms with E-state index < -0.39 is 5.97 Å². The van der Waals surface area contributed by atoms with Crippen LogP contribution in [0.3, 0.4) is 0 Å². The molecule has 0 spiro atoms. The molecule has 1 aliphatic carbocycles. The van der Waals surface area contributed by atoms with Crippen molar-refractivity contribution in [1.29, 1.82) is 0 Å². The monoisotopic (exact) mass is 329 g/mol. The Labute approximate surface area is 124 Å². The van der Waals surface area contributed by atoms with Crippen LogP contribution in [-0.4, -0.2) is 16.6 Å². The van der Waals surface area contributed by atoms with Gasteiger partial charge in [0.05, 0.1) is 0 Å². The predicted molar refractivity (Wildman–Crippen MR) is 82.2 cm³/mol. The van der Waals surface area contributed by atoms with E-state index in [9.17, 15) is 4.79 Å². The summed E-state index contributed by atoms with van der Waals surface area (Å²) in [5.74, 6) is -0.320. The zero-order valence-corrected chi connectivity index (χ0v) is 13.2. The topological polar surface area (TPSA) is 63.3 Å². The minimum atomic E-state index is -0.722. The molecule has 3 N–H and O–H groups in total. The number of hydrogen-bond acceptors (Lipinski definition) is 2. The Morgan fingerprint density at radius 1 is 1.53 bits per heavy atom. The van der Waals surface area contributed by atoms with Crippen molar-refractivity contribution < 1.29 is 9.90 Å². The molecule has 1 aliphatic rings. The molecule has 2 unspecified atom stereocenters. The number of allylic oxidation sites excluding steroid dienone is 4. The average Bonchev–Trinajstić information content (AvgIpc) is 2.98. The molecule has 1 fully saturated rings. The minimum absolute atomic E-state index is 0.107. The average molecular weight is 330 g/mol. The first kappa shape index (κ1) is 16.4. The van der Waals surface area contributed by atoms with E-state index in [1.807, 2.05) is 0 Å². The molecule has 0 aliphatic heterocycles. The first-order chi connectivity index (χ1) is 8.98. The third kappa shape index (κ3) is 6.39. The molecule has 108 valence electrons. The Kier molecular flexibility index (Phi) is 6.80. The lowest BCUT2D eigenvalue weighted by molar-refractivity contribution is -0.137. The molecule has 0 bridgehead atoms. The second-order valence-corrected chi connectivity index (χ2v) is 6.42. The molecule has 1 saturated carbocycles. The number of carbonyl (C=O) groups is 1. The highest BCUT2D eigenvalue weighted by atomic mass is 79.9. The first-order valence-electron chi connectivity index (χ1n) is 7.00. The van der Waals surface area contributed by atoms with Gasteiger partial charge in [-0.15, -0.1) is 0 Å². The summed E-state index contributed by atoms with van der Waals surface area (Å²) < 4.78 is 1.22. The van der Waals surface area contributed by atoms with E-state index in [1.165, 1.54) is 4.48 Å². The van der Waals surface area contributed by atoms with Gasteiger partial charge in [0.1, 0.15) is 0 Å². The van der Waals surface area contributed by atoms with Crippen molar-refractivity contribution in [1.82, 2.24) is 0 Å². The van der Waals surface area contributed by atoms with Crippen LogP contribution in [0, 0.1) is 5.92 Å². The molecule has 0 radical (unpaired) electrons. The van der Waals surface area contributed by atoms with Crippen LogP contribution in [0.25, 0.3) is 0 Å². The highest BCUT2D eigenvalue weighted by molar-refractivity contribution is 9.11. The summed E-state index contributed by atoms with van der Waals surface area (Å²) >= 11 is 3.52. The van der Waals surface area contributed by atoms with Crippen LogP contribution in [0.4, 0.5) is 0 Å². The summed E-state index contributed by atoms with van der Waals surface area (Å²) in [5.41, 5.74) is 6.11. The lowest BCUT2D eigenvalue weighted by Gasteiger charge is -2.08. The minimum Gasteiger partial charge on any atom is -0.481 e. The van der Waals surface area contributed by atoms with Gasteiger partial charge in [0, 0.05) is 12.0 Å². The Balaban J connectivity index is 2.18. The SMILES string of the molecule is CCC/C(Br)=C/C=C/CCC1(N)CC1CCC(=O)O. The van der Waals surface area contributed by atoms with Crippen molar-refractivity contribution in [2.45, 2.75) is 57.4 Å². The van der Waals surface area contributed by atoms with Crippen LogP contribution in [0.2, 0.25) is 0 Å². The van der Waals surface area contributed by atoms with Gasteiger partial charge in [0.25, 0.3) is 0 Å². The van der Waals surface area contributed by atoms with Crippen LogP contribution >= 0.6 is 15.9 Å². The molecular weight excluding hydrogens is 306 g/mol. The summed E-state index contributed by atoms with van der Waals surface area (Å²) in [6.45, 7) is 2.15. The van der Waals surface area contributed by atoms with Gasteiger partial charge in [-0.3, -0.25) is 4.79 Å². The molecule has 1 rings (SSSR count). The first-order valence-corrected chi connectivity index (χ1v) is 7.79. The van der Waals surface area contributed by atoms with Crippen LogP contribution in [-0.2, 0) is 4.79 Å². The molecule has 0 saturated heterocycles. The Morgan fingerprint density at radius 3 is 2.89 bits per heavy atom. The maximum absolute atomic E-state index is 10.5. The van der Waals surface area contributed by atoms with Gasteiger partial charge < -0.3 is 10.8 Å². The lowest BCUT2D eigenvalue weighted by Crippen LogP contribution is -2.24. The number of carboxylic acids is 1. The molecule has 19 heavy (non-hydrogen) atoms. The van der Waals surface area contributed by atoms with E-state index in [2.05, 4.69) is 41.1 Å². The highest BCUT2D eigenvalue weighted by Gasteiger charge is 2.49. The largest absolute Gasteiger partial charge is 0.481 e. The molecule has 2 atom stereocenters. The molecular formula is C15H24BrNO2. The zero-order valence-electron chi connectivity index (χ0n) is 11.6. The maximum Gasteiger partial charge on any atom is 0.303 e. The summed E-state index contributed by atoms with van der Waals surface area (Å²) in [6, 6.07) is 0. The van der Waals surface area contributed by atoms with E-state index in [1.54, 1.807) is 0 Å². The van der Waals surface area contributed by atoms with E-state index in [0.717, 1.165) is 38.5 Å². The van der Waals surface area contributed by atoms with E-state index >= 15 is 0 Å². The van der Waals surface area contributed by atoms with Crippen molar-refractivity contribution in [2.75, 3.05) is 0 Å². The third-order valence-electron chi connectivity index (χ3n) is 3.66. The number of nitrogens with two attached hydrogens (primary N) is 1. The zero-order chi connectivity index (χ0) is 14.3. The van der Waals surface area contributed by atoms with Crippen LogP contribution in [0.5, 0.6) is 0 Å². The molecule has 0 aromatic rings. The fourth-order valence-corrected chi connectivity index (χ4v) is 2.89. The van der Waals surface area contributed by atoms with Crippen molar-refractivity contribution in [3.8, 4) is 0 Å². The molecule has 0 amide bonds. The van der Waals surface area contributed by atoms with Gasteiger partial charge in [0.2, 0.25) is 0 Å². The summed E-state index contributed by atoms with van der Waals surface area (Å²) in [7, 11) is 0. The smallest absolute Gasteiger partial charge is 0.303 e. The van der Waals surface area contributed by atoms with E-state index in [0.29, 0.717) is 5.92 Å². The second-order valence-electron chi connectivity index (χ2n) is 5.40. The van der Waals surface area contributed by atoms with Gasteiger partial charge in [-0.2, -0.15) is 0 Å². The predicted octanol–water partition coefficient (Wildman–Crippen LogP) is 3.98. The van der Waals surface area contributed by atoms with Gasteiger partial charge >= 0.3 is 5.97 Å². The van der Waals surface area contributed by atoms with Crippen LogP contribution in [0.15, 0.2) is 22.7 Å². The van der Waals surface area contributed by atoms with E-state index in [-0.39, 0.29) is 12.0 Å². The fourth-order valence-electron chi connectivity index (χ4n) is 2.34. The summed E-state index contributed by atoms with van der Waals surface area (Å²) in [4.78, 5) is 10.5. The molecule has 0 aromatic carbocycles. The van der Waals surface area contributed by atoms with Gasteiger partial charge in [-0.25, -0.2) is 0 Å². The van der Waals surface area contributed by atoms with Crippen molar-refractivity contribution in [3.63, 3.8) is 0 Å². The molecule has 3 nitrogen and oxygen atoms in total. The molecule has 4 heteroatoms. The normalized spacial score (nSPS) is 26.9. The molecule has 0 heterocycles. The number of hydrogen-bond donors (Lipinski definition) is 2. The Hall–Kier alpha value is -0.610. The van der Waals surface area contributed by atoms with Gasteiger partial charge in [-0.1, -0.05) is 47.5 Å². The number of aliphatic carboxylic acids is 1. The highest BCUT2D eigenvalue weighted by Crippen LogP contribution is 2.47. The Bertz CT molecular complexity index is 365. The number of carboxylic acid groups (broad SMARTS) is 1. The molecule has 0 aromatic heterocycles. The van der Waals surface area contributed by atoms with Crippen molar-refractivity contribution in [3.05, 3.63) is 22.7 Å². The maximum atomic E-state index is 10.5. The van der Waals surface area contributed by atoms with E-state index in [4.69, 9.17) is 10.8 Å². The number of rotatable bonds is 9. The summed E-state index contributed by atoms with van der Waals surface area (Å²) in [5, 5.41) is 8.64. The van der Waals surface area contributed by atoms with Crippen molar-refractivity contribution in [2.24, 2.45) is 11.7 Å². The number of halogens is 1. The Morgan fingerprint density at radius 2 is 2.26 bits per heavy atom.